The fourth-order valence-corrected chi connectivity index (χ4v) is 2.50. The molecule has 0 atom stereocenters. The maximum absolute atomic E-state index is 13.7. The van der Waals surface area contributed by atoms with Crippen LogP contribution in [0.25, 0.3) is 0 Å². The molecule has 0 aliphatic rings. The predicted octanol–water partition coefficient (Wildman–Crippen LogP) is 4.88. The number of aromatic nitrogens is 1. The van der Waals surface area contributed by atoms with E-state index in [1.807, 2.05) is 20.0 Å². The molecule has 0 saturated carbocycles. The van der Waals surface area contributed by atoms with Crippen LogP contribution in [0.1, 0.15) is 30.4 Å². The molecule has 0 radical (unpaired) electrons. The number of nitrogens with one attached hydrogen (secondary N) is 1. The van der Waals surface area contributed by atoms with Gasteiger partial charge in [-0.1, -0.05) is 17.7 Å². The number of hydrogen-bond donors (Lipinski definition) is 1. The summed E-state index contributed by atoms with van der Waals surface area (Å²) in [6.45, 7) is 3.92. The summed E-state index contributed by atoms with van der Waals surface area (Å²) in [5.41, 5.74) is 0.429. The standard InChI is InChI=1S/C14H13BrClFN2O/c1-8(2)19-7-9(15)6-12(19)14(20)18-13-10(16)4-3-5-11(13)17/h3-8H,1-2H3,(H,18,20). The van der Waals surface area contributed by atoms with Crippen LogP contribution < -0.4 is 5.32 Å². The maximum Gasteiger partial charge on any atom is 0.272 e. The summed E-state index contributed by atoms with van der Waals surface area (Å²) in [6.07, 6.45) is 1.81. The molecule has 0 bridgehead atoms. The molecule has 2 rings (SSSR count). The Labute approximate surface area is 129 Å². The van der Waals surface area contributed by atoms with E-state index in [0.717, 1.165) is 4.47 Å². The summed E-state index contributed by atoms with van der Waals surface area (Å²) >= 11 is 9.23. The highest BCUT2D eigenvalue weighted by Gasteiger charge is 2.17. The molecule has 2 aromatic rings. The van der Waals surface area contributed by atoms with Gasteiger partial charge in [-0.3, -0.25) is 4.79 Å². The first-order valence-electron chi connectivity index (χ1n) is 6.03. The van der Waals surface area contributed by atoms with Gasteiger partial charge in [-0.05, 0) is 48.0 Å². The van der Waals surface area contributed by atoms with Crippen LogP contribution in [-0.2, 0) is 0 Å². The molecule has 0 saturated heterocycles. The van der Waals surface area contributed by atoms with E-state index >= 15 is 0 Å². The van der Waals surface area contributed by atoms with Crippen LogP contribution in [0.15, 0.2) is 34.9 Å². The third-order valence-corrected chi connectivity index (χ3v) is 3.55. The zero-order chi connectivity index (χ0) is 14.9. The van der Waals surface area contributed by atoms with E-state index in [4.69, 9.17) is 11.6 Å². The number of anilines is 1. The highest BCUT2D eigenvalue weighted by atomic mass is 79.9. The number of benzene rings is 1. The van der Waals surface area contributed by atoms with Gasteiger partial charge in [-0.15, -0.1) is 0 Å². The average Bonchev–Trinajstić information content (AvgIpc) is 2.76. The average molecular weight is 360 g/mol. The van der Waals surface area contributed by atoms with Gasteiger partial charge in [0, 0.05) is 16.7 Å². The van der Waals surface area contributed by atoms with Crippen molar-refractivity contribution >= 4 is 39.1 Å². The number of hydrogen-bond acceptors (Lipinski definition) is 1. The van der Waals surface area contributed by atoms with Crippen molar-refractivity contribution in [3.8, 4) is 0 Å². The minimum absolute atomic E-state index is 0.00760. The van der Waals surface area contributed by atoms with E-state index in [9.17, 15) is 9.18 Å². The van der Waals surface area contributed by atoms with Crippen molar-refractivity contribution in [3.05, 3.63) is 51.5 Å². The van der Waals surface area contributed by atoms with Gasteiger partial charge >= 0.3 is 0 Å². The van der Waals surface area contributed by atoms with Crippen LogP contribution in [0.3, 0.4) is 0 Å². The predicted molar refractivity (Wildman–Crippen MR) is 81.9 cm³/mol. The Hall–Kier alpha value is -1.33. The molecule has 1 heterocycles. The van der Waals surface area contributed by atoms with E-state index in [2.05, 4.69) is 21.2 Å². The van der Waals surface area contributed by atoms with E-state index in [1.54, 1.807) is 10.6 Å². The van der Waals surface area contributed by atoms with Gasteiger partial charge in [0.15, 0.2) is 0 Å². The minimum atomic E-state index is -0.562. The van der Waals surface area contributed by atoms with Gasteiger partial charge in [0.25, 0.3) is 5.91 Å². The van der Waals surface area contributed by atoms with Crippen molar-refractivity contribution in [1.29, 1.82) is 0 Å². The third-order valence-electron chi connectivity index (χ3n) is 2.81. The molecule has 0 unspecified atom stereocenters. The molecule has 0 spiro atoms. The topological polar surface area (TPSA) is 34.0 Å². The fourth-order valence-electron chi connectivity index (χ4n) is 1.85. The first kappa shape index (κ1) is 15.1. The molecule has 1 amide bonds. The molecule has 20 heavy (non-hydrogen) atoms. The molecule has 0 fully saturated rings. The minimum Gasteiger partial charge on any atom is -0.340 e. The Morgan fingerprint density at radius 3 is 2.75 bits per heavy atom. The number of rotatable bonds is 3. The zero-order valence-corrected chi connectivity index (χ0v) is 13.3. The molecule has 1 aromatic heterocycles. The van der Waals surface area contributed by atoms with Gasteiger partial charge in [-0.2, -0.15) is 0 Å². The Bertz CT molecular complexity index is 634. The van der Waals surface area contributed by atoms with Gasteiger partial charge in [0.05, 0.1) is 10.7 Å². The first-order chi connectivity index (χ1) is 9.40. The Balaban J connectivity index is 2.34. The van der Waals surface area contributed by atoms with E-state index in [-0.39, 0.29) is 16.8 Å². The highest BCUT2D eigenvalue weighted by Crippen LogP contribution is 2.26. The first-order valence-corrected chi connectivity index (χ1v) is 7.20. The molecule has 6 heteroatoms. The number of para-hydroxylation sites is 1. The Morgan fingerprint density at radius 2 is 2.15 bits per heavy atom. The fraction of sp³-hybridized carbons (Fsp3) is 0.214. The van der Waals surface area contributed by atoms with Crippen molar-refractivity contribution in [2.24, 2.45) is 0 Å². The monoisotopic (exact) mass is 358 g/mol. The summed E-state index contributed by atoms with van der Waals surface area (Å²) in [5, 5.41) is 2.68. The summed E-state index contributed by atoms with van der Waals surface area (Å²) in [4.78, 5) is 12.3. The lowest BCUT2D eigenvalue weighted by Crippen LogP contribution is -2.18. The van der Waals surface area contributed by atoms with Crippen molar-refractivity contribution in [1.82, 2.24) is 4.57 Å². The van der Waals surface area contributed by atoms with Gasteiger partial charge in [0.2, 0.25) is 0 Å². The molecule has 1 aromatic carbocycles. The maximum atomic E-state index is 13.7. The van der Waals surface area contributed by atoms with Crippen molar-refractivity contribution in [2.75, 3.05) is 5.32 Å². The number of halogens is 3. The lowest BCUT2D eigenvalue weighted by Gasteiger charge is -2.13. The second-order valence-corrected chi connectivity index (χ2v) is 5.92. The van der Waals surface area contributed by atoms with E-state index in [1.165, 1.54) is 18.2 Å². The number of nitrogens with zero attached hydrogens (tertiary/aromatic N) is 1. The highest BCUT2D eigenvalue weighted by molar-refractivity contribution is 9.10. The van der Waals surface area contributed by atoms with Crippen LogP contribution in [0.5, 0.6) is 0 Å². The Morgan fingerprint density at radius 1 is 1.45 bits per heavy atom. The lowest BCUT2D eigenvalue weighted by molar-refractivity contribution is 0.101. The summed E-state index contributed by atoms with van der Waals surface area (Å²) in [7, 11) is 0. The lowest BCUT2D eigenvalue weighted by atomic mass is 10.3. The molecule has 0 aliphatic heterocycles. The van der Waals surface area contributed by atoms with Crippen molar-refractivity contribution in [2.45, 2.75) is 19.9 Å². The summed E-state index contributed by atoms with van der Waals surface area (Å²) in [5.74, 6) is -0.969. The molecular weight excluding hydrogens is 347 g/mol. The quantitative estimate of drug-likeness (QED) is 0.833. The van der Waals surface area contributed by atoms with Gasteiger partial charge in [0.1, 0.15) is 11.5 Å². The van der Waals surface area contributed by atoms with Gasteiger partial charge in [-0.25, -0.2) is 4.39 Å². The SMILES string of the molecule is CC(C)n1cc(Br)cc1C(=O)Nc1c(F)cccc1Cl. The molecule has 3 nitrogen and oxygen atoms in total. The second-order valence-electron chi connectivity index (χ2n) is 4.60. The summed E-state index contributed by atoms with van der Waals surface area (Å²) < 4.78 is 16.3. The number of carbonyl (C=O) groups is 1. The van der Waals surface area contributed by atoms with Crippen molar-refractivity contribution in [3.63, 3.8) is 0 Å². The van der Waals surface area contributed by atoms with Gasteiger partial charge < -0.3 is 9.88 Å². The van der Waals surface area contributed by atoms with E-state index < -0.39 is 11.7 Å². The number of carbonyl (C=O) groups excluding carboxylic acids is 1. The van der Waals surface area contributed by atoms with Crippen LogP contribution in [0.4, 0.5) is 10.1 Å². The molecule has 0 aliphatic carbocycles. The van der Waals surface area contributed by atoms with Crippen LogP contribution in [0.2, 0.25) is 5.02 Å². The molecule has 106 valence electrons. The Kier molecular flexibility index (Phi) is 4.50. The zero-order valence-electron chi connectivity index (χ0n) is 11.0. The number of amides is 1. The molecular formula is C14H13BrClFN2O. The normalized spacial score (nSPS) is 10.9. The largest absolute Gasteiger partial charge is 0.340 e. The van der Waals surface area contributed by atoms with Crippen LogP contribution in [0, 0.1) is 5.82 Å². The smallest absolute Gasteiger partial charge is 0.272 e. The van der Waals surface area contributed by atoms with Crippen LogP contribution in [-0.4, -0.2) is 10.5 Å². The third kappa shape index (κ3) is 3.04. The second kappa shape index (κ2) is 5.97. The summed E-state index contributed by atoms with van der Waals surface area (Å²) in [6, 6.07) is 6.06. The van der Waals surface area contributed by atoms with Crippen LogP contribution >= 0.6 is 27.5 Å². The van der Waals surface area contributed by atoms with E-state index in [0.29, 0.717) is 5.69 Å². The van der Waals surface area contributed by atoms with Crippen molar-refractivity contribution < 1.29 is 9.18 Å². The molecule has 1 N–H and O–H groups in total.